The predicted molar refractivity (Wildman–Crippen MR) is 60.6 cm³/mol. The molecule has 0 aromatic carbocycles. The van der Waals surface area contributed by atoms with Crippen LogP contribution in [-0.4, -0.2) is 38.4 Å². The van der Waals surface area contributed by atoms with Gasteiger partial charge < -0.3 is 5.73 Å². The highest BCUT2D eigenvalue weighted by Crippen LogP contribution is 2.17. The van der Waals surface area contributed by atoms with E-state index in [0.29, 0.717) is 6.54 Å². The van der Waals surface area contributed by atoms with Crippen LogP contribution in [-0.2, 0) is 10.2 Å². The lowest BCUT2D eigenvalue weighted by Crippen LogP contribution is -2.46. The molecule has 1 aliphatic rings. The van der Waals surface area contributed by atoms with Crippen LogP contribution in [0.2, 0.25) is 0 Å². The summed E-state index contributed by atoms with van der Waals surface area (Å²) in [6.07, 6.45) is 3.50. The van der Waals surface area contributed by atoms with Crippen LogP contribution >= 0.6 is 0 Å². The average Bonchev–Trinajstić information content (AvgIpc) is 2.20. The van der Waals surface area contributed by atoms with E-state index < -0.39 is 10.2 Å². The van der Waals surface area contributed by atoms with Gasteiger partial charge in [0, 0.05) is 25.7 Å². The molecule has 1 aliphatic carbocycles. The van der Waals surface area contributed by atoms with E-state index in [1.807, 2.05) is 6.92 Å². The van der Waals surface area contributed by atoms with Crippen molar-refractivity contribution >= 4 is 10.2 Å². The Labute approximate surface area is 92.2 Å². The Morgan fingerprint density at radius 1 is 1.33 bits per heavy atom. The van der Waals surface area contributed by atoms with Crippen LogP contribution in [0.15, 0.2) is 0 Å². The normalized spacial score (nSPS) is 28.3. The summed E-state index contributed by atoms with van der Waals surface area (Å²) in [5.41, 5.74) is 5.76. The van der Waals surface area contributed by atoms with E-state index in [2.05, 4.69) is 4.72 Å². The maximum atomic E-state index is 11.7. The van der Waals surface area contributed by atoms with Gasteiger partial charge in [0.15, 0.2) is 0 Å². The van der Waals surface area contributed by atoms with Crippen molar-refractivity contribution in [1.82, 2.24) is 9.03 Å². The SMILES string of the molecule is CCN(C)S(=O)(=O)NC1CCC(N)CC1. The van der Waals surface area contributed by atoms with Crippen LogP contribution in [0.4, 0.5) is 0 Å². The molecule has 0 saturated heterocycles. The van der Waals surface area contributed by atoms with Gasteiger partial charge in [-0.2, -0.15) is 17.4 Å². The molecule has 0 amide bonds. The summed E-state index contributed by atoms with van der Waals surface area (Å²) >= 11 is 0. The highest BCUT2D eigenvalue weighted by atomic mass is 32.2. The first-order valence-corrected chi connectivity index (χ1v) is 6.89. The molecule has 3 N–H and O–H groups in total. The van der Waals surface area contributed by atoms with E-state index in [1.54, 1.807) is 7.05 Å². The van der Waals surface area contributed by atoms with E-state index in [1.165, 1.54) is 4.31 Å². The van der Waals surface area contributed by atoms with Crippen molar-refractivity contribution in [2.75, 3.05) is 13.6 Å². The lowest BCUT2D eigenvalue weighted by molar-refractivity contribution is 0.364. The van der Waals surface area contributed by atoms with Gasteiger partial charge in [-0.1, -0.05) is 6.92 Å². The number of nitrogens with two attached hydrogens (primary N) is 1. The Kier molecular flexibility index (Phi) is 4.51. The van der Waals surface area contributed by atoms with Crippen LogP contribution in [0.25, 0.3) is 0 Å². The van der Waals surface area contributed by atoms with Crippen molar-refractivity contribution in [2.24, 2.45) is 5.73 Å². The predicted octanol–water partition coefficient (Wildman–Crippen LogP) is 0.0424. The summed E-state index contributed by atoms with van der Waals surface area (Å²) < 4.78 is 27.4. The molecule has 1 rings (SSSR count). The molecule has 1 fully saturated rings. The number of nitrogens with one attached hydrogen (secondary N) is 1. The monoisotopic (exact) mass is 235 g/mol. The molecule has 1 saturated carbocycles. The third-order valence-electron chi connectivity index (χ3n) is 2.94. The van der Waals surface area contributed by atoms with Crippen molar-refractivity contribution in [3.8, 4) is 0 Å². The smallest absolute Gasteiger partial charge is 0.279 e. The zero-order valence-corrected chi connectivity index (χ0v) is 10.3. The fraction of sp³-hybridized carbons (Fsp3) is 1.00. The van der Waals surface area contributed by atoms with E-state index in [0.717, 1.165) is 25.7 Å². The van der Waals surface area contributed by atoms with Gasteiger partial charge in [-0.25, -0.2) is 0 Å². The molecule has 0 radical (unpaired) electrons. The molecule has 6 heteroatoms. The quantitative estimate of drug-likeness (QED) is 0.722. The topological polar surface area (TPSA) is 75.4 Å². The molecule has 0 atom stereocenters. The third-order valence-corrected chi connectivity index (χ3v) is 4.65. The van der Waals surface area contributed by atoms with Gasteiger partial charge in [0.25, 0.3) is 10.2 Å². The highest BCUT2D eigenvalue weighted by Gasteiger charge is 2.24. The van der Waals surface area contributed by atoms with Crippen molar-refractivity contribution in [3.63, 3.8) is 0 Å². The Hall–Kier alpha value is -0.170. The lowest BCUT2D eigenvalue weighted by atomic mass is 9.93. The van der Waals surface area contributed by atoms with Crippen LogP contribution in [0.3, 0.4) is 0 Å². The summed E-state index contributed by atoms with van der Waals surface area (Å²) in [5, 5.41) is 0. The maximum Gasteiger partial charge on any atom is 0.279 e. The van der Waals surface area contributed by atoms with Crippen molar-refractivity contribution in [2.45, 2.75) is 44.7 Å². The summed E-state index contributed by atoms with van der Waals surface area (Å²) in [6, 6.07) is 0.304. The Morgan fingerprint density at radius 3 is 2.33 bits per heavy atom. The van der Waals surface area contributed by atoms with Crippen LogP contribution in [0.1, 0.15) is 32.6 Å². The number of hydrogen-bond donors (Lipinski definition) is 2. The minimum absolute atomic E-state index is 0.0591. The molecule has 0 bridgehead atoms. The summed E-state index contributed by atoms with van der Waals surface area (Å²) in [5.74, 6) is 0. The molecule has 90 valence electrons. The second kappa shape index (κ2) is 5.25. The molecule has 0 aromatic rings. The van der Waals surface area contributed by atoms with Crippen molar-refractivity contribution < 1.29 is 8.42 Å². The first kappa shape index (κ1) is 12.9. The van der Waals surface area contributed by atoms with Gasteiger partial charge in [-0.3, -0.25) is 0 Å². The van der Waals surface area contributed by atoms with Gasteiger partial charge in [0.1, 0.15) is 0 Å². The lowest BCUT2D eigenvalue weighted by Gasteiger charge is -2.28. The molecule has 0 aliphatic heterocycles. The van der Waals surface area contributed by atoms with Gasteiger partial charge in [0.05, 0.1) is 0 Å². The molecular weight excluding hydrogens is 214 g/mol. The Bertz CT molecular complexity index is 284. The number of nitrogens with zero attached hydrogens (tertiary/aromatic N) is 1. The van der Waals surface area contributed by atoms with Gasteiger partial charge in [-0.15, -0.1) is 0 Å². The molecule has 0 heterocycles. The summed E-state index contributed by atoms with van der Waals surface area (Å²) in [4.78, 5) is 0. The minimum Gasteiger partial charge on any atom is -0.328 e. The largest absolute Gasteiger partial charge is 0.328 e. The number of hydrogen-bond acceptors (Lipinski definition) is 3. The van der Waals surface area contributed by atoms with E-state index in [4.69, 9.17) is 5.73 Å². The van der Waals surface area contributed by atoms with Gasteiger partial charge in [-0.05, 0) is 25.7 Å². The van der Waals surface area contributed by atoms with E-state index in [-0.39, 0.29) is 12.1 Å². The zero-order chi connectivity index (χ0) is 11.5. The summed E-state index contributed by atoms with van der Waals surface area (Å²) in [7, 11) is -1.70. The number of rotatable bonds is 4. The molecule has 0 aromatic heterocycles. The molecule has 15 heavy (non-hydrogen) atoms. The zero-order valence-electron chi connectivity index (χ0n) is 9.44. The fourth-order valence-electron chi connectivity index (χ4n) is 1.71. The van der Waals surface area contributed by atoms with Crippen molar-refractivity contribution in [3.05, 3.63) is 0 Å². The first-order valence-electron chi connectivity index (χ1n) is 5.45. The molecule has 5 nitrogen and oxygen atoms in total. The summed E-state index contributed by atoms with van der Waals surface area (Å²) in [6.45, 7) is 2.30. The second-order valence-corrected chi connectivity index (χ2v) is 5.96. The molecule has 0 unspecified atom stereocenters. The van der Waals surface area contributed by atoms with E-state index >= 15 is 0 Å². The van der Waals surface area contributed by atoms with Gasteiger partial charge >= 0.3 is 0 Å². The Morgan fingerprint density at radius 2 is 1.87 bits per heavy atom. The molecule has 0 spiro atoms. The standard InChI is InChI=1S/C9H21N3O2S/c1-3-12(2)15(13,14)11-9-6-4-8(10)5-7-9/h8-9,11H,3-7,10H2,1-2H3. The van der Waals surface area contributed by atoms with Crippen LogP contribution < -0.4 is 10.5 Å². The minimum atomic E-state index is -3.28. The van der Waals surface area contributed by atoms with E-state index in [9.17, 15) is 8.42 Å². The Balaban J connectivity index is 2.48. The van der Waals surface area contributed by atoms with Crippen molar-refractivity contribution in [1.29, 1.82) is 0 Å². The molecular formula is C9H21N3O2S. The maximum absolute atomic E-state index is 11.7. The van der Waals surface area contributed by atoms with Crippen LogP contribution in [0.5, 0.6) is 0 Å². The second-order valence-electron chi connectivity index (χ2n) is 4.15. The highest BCUT2D eigenvalue weighted by molar-refractivity contribution is 7.87. The average molecular weight is 235 g/mol. The fourth-order valence-corrected chi connectivity index (χ4v) is 2.88. The van der Waals surface area contributed by atoms with Crippen LogP contribution in [0, 0.1) is 0 Å². The third kappa shape index (κ3) is 3.71. The van der Waals surface area contributed by atoms with Gasteiger partial charge in [0.2, 0.25) is 0 Å². The first-order chi connectivity index (χ1) is 6.95.